The number of rotatable bonds is 7. The Bertz CT molecular complexity index is 304. The van der Waals surface area contributed by atoms with Crippen LogP contribution in [-0.2, 0) is 18.9 Å². The molecule has 0 spiro atoms. The summed E-state index contributed by atoms with van der Waals surface area (Å²) in [6, 6.07) is 0. The molecule has 1 rings (SSSR count). The summed E-state index contributed by atoms with van der Waals surface area (Å²) in [5, 5.41) is 20.5. The lowest BCUT2D eigenvalue weighted by atomic mass is 9.67. The van der Waals surface area contributed by atoms with Crippen LogP contribution >= 0.6 is 0 Å². The Morgan fingerprint density at radius 3 is 2.15 bits per heavy atom. The van der Waals surface area contributed by atoms with Crippen LogP contribution in [0.15, 0.2) is 0 Å². The van der Waals surface area contributed by atoms with Gasteiger partial charge in [-0.1, -0.05) is 6.92 Å². The van der Waals surface area contributed by atoms with Crippen LogP contribution in [0.4, 0.5) is 0 Å². The fraction of sp³-hybridized carbons (Fsp3) is 1.00. The van der Waals surface area contributed by atoms with Gasteiger partial charge < -0.3 is 29.2 Å². The molecular weight excluding hydrogens is 264 g/mol. The van der Waals surface area contributed by atoms with E-state index in [1.807, 2.05) is 13.8 Å². The van der Waals surface area contributed by atoms with Gasteiger partial charge in [0.25, 0.3) is 0 Å². The first-order valence-corrected chi connectivity index (χ1v) is 6.92. The highest BCUT2D eigenvalue weighted by Crippen LogP contribution is 2.51. The lowest BCUT2D eigenvalue weighted by molar-refractivity contribution is -0.222. The van der Waals surface area contributed by atoms with Gasteiger partial charge >= 0.3 is 0 Å². The third-order valence-corrected chi connectivity index (χ3v) is 4.75. The molecule has 6 heteroatoms. The van der Waals surface area contributed by atoms with Crippen molar-refractivity contribution >= 4 is 0 Å². The molecule has 0 bridgehead atoms. The number of aliphatic hydroxyl groups is 2. The van der Waals surface area contributed by atoms with Gasteiger partial charge in [-0.2, -0.15) is 0 Å². The Morgan fingerprint density at radius 2 is 1.80 bits per heavy atom. The fourth-order valence-corrected chi connectivity index (χ4v) is 3.30. The number of aliphatic hydroxyl groups excluding tert-OH is 1. The first-order chi connectivity index (χ1) is 9.34. The summed E-state index contributed by atoms with van der Waals surface area (Å²) in [5.74, 6) is 0. The molecular formula is C14H28O6. The first-order valence-electron chi connectivity index (χ1n) is 6.92. The monoisotopic (exact) mass is 292 g/mol. The molecule has 1 heterocycles. The highest BCUT2D eigenvalue weighted by molar-refractivity contribution is 5.10. The van der Waals surface area contributed by atoms with Gasteiger partial charge in [0, 0.05) is 21.3 Å². The van der Waals surface area contributed by atoms with Crippen LogP contribution in [0.5, 0.6) is 0 Å². The van der Waals surface area contributed by atoms with Crippen LogP contribution in [0, 0.1) is 5.41 Å². The average Bonchev–Trinajstić information content (AvgIpc) is 2.63. The molecule has 0 aromatic heterocycles. The predicted octanol–water partition coefficient (Wildman–Crippen LogP) is 0.547. The normalized spacial score (nSPS) is 40.8. The largest absolute Gasteiger partial charge is 0.394 e. The van der Waals surface area contributed by atoms with Crippen molar-refractivity contribution in [3.63, 3.8) is 0 Å². The molecule has 0 unspecified atom stereocenters. The van der Waals surface area contributed by atoms with Crippen molar-refractivity contribution in [1.29, 1.82) is 0 Å². The minimum absolute atomic E-state index is 0.214. The first kappa shape index (κ1) is 17.8. The SMILES string of the molecule is CC[C@H]1O[C@H](OC)[C@](C)([C@@H](OC)[C@@H](CO)OC)[C@@]1(C)O. The van der Waals surface area contributed by atoms with E-state index in [0.717, 1.165) is 0 Å². The topological polar surface area (TPSA) is 77.4 Å². The quantitative estimate of drug-likeness (QED) is 0.713. The molecule has 1 saturated heterocycles. The number of methoxy groups -OCH3 is 3. The second kappa shape index (κ2) is 6.68. The van der Waals surface area contributed by atoms with Crippen molar-refractivity contribution in [1.82, 2.24) is 0 Å². The van der Waals surface area contributed by atoms with Crippen molar-refractivity contribution in [2.45, 2.75) is 57.4 Å². The Labute approximate surface area is 121 Å². The minimum Gasteiger partial charge on any atom is -0.394 e. The van der Waals surface area contributed by atoms with Crippen LogP contribution in [0.25, 0.3) is 0 Å². The smallest absolute Gasteiger partial charge is 0.168 e. The van der Waals surface area contributed by atoms with Crippen LogP contribution < -0.4 is 0 Å². The fourth-order valence-electron chi connectivity index (χ4n) is 3.30. The molecule has 1 fully saturated rings. The second-order valence-electron chi connectivity index (χ2n) is 5.64. The molecule has 1 aliphatic rings. The number of hydrogen-bond donors (Lipinski definition) is 2. The zero-order valence-corrected chi connectivity index (χ0v) is 13.3. The molecule has 0 amide bonds. The van der Waals surface area contributed by atoms with E-state index in [0.29, 0.717) is 6.42 Å². The van der Waals surface area contributed by atoms with Gasteiger partial charge in [-0.25, -0.2) is 0 Å². The van der Waals surface area contributed by atoms with Gasteiger partial charge in [0.2, 0.25) is 0 Å². The zero-order valence-electron chi connectivity index (χ0n) is 13.3. The third kappa shape index (κ3) is 2.49. The van der Waals surface area contributed by atoms with Crippen LogP contribution in [0.1, 0.15) is 27.2 Å². The van der Waals surface area contributed by atoms with E-state index in [9.17, 15) is 10.2 Å². The predicted molar refractivity (Wildman–Crippen MR) is 73.4 cm³/mol. The summed E-state index contributed by atoms with van der Waals surface area (Å²) >= 11 is 0. The molecule has 1 aliphatic heterocycles. The summed E-state index contributed by atoms with van der Waals surface area (Å²) in [7, 11) is 4.56. The Morgan fingerprint density at radius 1 is 1.20 bits per heavy atom. The van der Waals surface area contributed by atoms with E-state index < -0.39 is 29.5 Å². The van der Waals surface area contributed by atoms with E-state index in [1.54, 1.807) is 6.92 Å². The van der Waals surface area contributed by atoms with Crippen LogP contribution in [-0.4, -0.2) is 68.4 Å². The van der Waals surface area contributed by atoms with Crippen molar-refractivity contribution in [2.24, 2.45) is 5.41 Å². The lowest BCUT2D eigenvalue weighted by Gasteiger charge is -2.46. The lowest BCUT2D eigenvalue weighted by Crippen LogP contribution is -2.61. The summed E-state index contributed by atoms with van der Waals surface area (Å²) in [6.07, 6.45) is -1.51. The molecule has 0 radical (unpaired) electrons. The van der Waals surface area contributed by atoms with E-state index >= 15 is 0 Å². The maximum Gasteiger partial charge on any atom is 0.168 e. The van der Waals surface area contributed by atoms with Gasteiger partial charge in [-0.3, -0.25) is 0 Å². The van der Waals surface area contributed by atoms with E-state index in [4.69, 9.17) is 18.9 Å². The number of ether oxygens (including phenoxy) is 4. The second-order valence-corrected chi connectivity index (χ2v) is 5.64. The minimum atomic E-state index is -1.17. The molecule has 2 N–H and O–H groups in total. The Kier molecular flexibility index (Phi) is 5.95. The number of hydrogen-bond acceptors (Lipinski definition) is 6. The van der Waals surface area contributed by atoms with Gasteiger partial charge in [-0.05, 0) is 20.3 Å². The highest BCUT2D eigenvalue weighted by atomic mass is 16.7. The summed E-state index contributed by atoms with van der Waals surface area (Å²) < 4.78 is 22.1. The van der Waals surface area contributed by atoms with Gasteiger partial charge in [0.15, 0.2) is 6.29 Å². The summed E-state index contributed by atoms with van der Waals surface area (Å²) in [4.78, 5) is 0. The molecule has 0 aliphatic carbocycles. The van der Waals surface area contributed by atoms with Crippen molar-refractivity contribution < 1.29 is 29.2 Å². The van der Waals surface area contributed by atoms with Crippen molar-refractivity contribution in [3.05, 3.63) is 0 Å². The molecule has 6 atom stereocenters. The molecule has 120 valence electrons. The Hall–Kier alpha value is -0.240. The summed E-state index contributed by atoms with van der Waals surface area (Å²) in [6.45, 7) is 5.29. The van der Waals surface area contributed by atoms with Crippen LogP contribution in [0.2, 0.25) is 0 Å². The van der Waals surface area contributed by atoms with E-state index in [1.165, 1.54) is 21.3 Å². The average molecular weight is 292 g/mol. The standard InChI is InChI=1S/C14H28O6/c1-7-10-14(3,16)13(2,12(19-6)20-10)11(18-5)9(8-15)17-4/h9-12,15-16H,7-8H2,1-6H3/t9-,10-,11+,12+,13+,14+/m1/s1. The maximum atomic E-state index is 11.0. The highest BCUT2D eigenvalue weighted by Gasteiger charge is 2.65. The molecule has 20 heavy (non-hydrogen) atoms. The maximum absolute atomic E-state index is 11.0. The molecule has 6 nitrogen and oxygen atoms in total. The van der Waals surface area contributed by atoms with Gasteiger partial charge in [0.1, 0.15) is 11.7 Å². The molecule has 0 saturated carbocycles. The summed E-state index contributed by atoms with van der Waals surface area (Å²) in [5.41, 5.74) is -2.05. The van der Waals surface area contributed by atoms with E-state index in [2.05, 4.69) is 0 Å². The van der Waals surface area contributed by atoms with Gasteiger partial charge in [-0.15, -0.1) is 0 Å². The van der Waals surface area contributed by atoms with E-state index in [-0.39, 0.29) is 12.7 Å². The third-order valence-electron chi connectivity index (χ3n) is 4.75. The van der Waals surface area contributed by atoms with Crippen molar-refractivity contribution in [2.75, 3.05) is 27.9 Å². The van der Waals surface area contributed by atoms with Crippen LogP contribution in [0.3, 0.4) is 0 Å². The molecule has 0 aromatic rings. The van der Waals surface area contributed by atoms with Crippen molar-refractivity contribution in [3.8, 4) is 0 Å². The van der Waals surface area contributed by atoms with Gasteiger partial charge in [0.05, 0.1) is 24.2 Å². The zero-order chi connectivity index (χ0) is 15.6. The molecule has 0 aromatic carbocycles. The Balaban J connectivity index is 3.24.